The lowest BCUT2D eigenvalue weighted by atomic mass is 10.1. The fraction of sp³-hybridized carbons (Fsp3) is 0.385. The molecule has 2 heterocycles. The summed E-state index contributed by atoms with van der Waals surface area (Å²) in [6.07, 6.45) is 3.69. The standard InChI is InChI=1S/C13H17BrN4/c1-4-15-9(2)12-8-17-18(10(12)3)13-6-5-11(14)7-16-13/h5-9,15H,4H2,1-3H3. The summed E-state index contributed by atoms with van der Waals surface area (Å²) in [7, 11) is 0. The van der Waals surface area contributed by atoms with Crippen LogP contribution in [0.2, 0.25) is 0 Å². The van der Waals surface area contributed by atoms with Crippen LogP contribution in [0, 0.1) is 6.92 Å². The van der Waals surface area contributed by atoms with Crippen molar-refractivity contribution in [3.8, 4) is 5.82 Å². The third-order valence-electron chi connectivity index (χ3n) is 2.95. The van der Waals surface area contributed by atoms with Gasteiger partial charge in [-0.1, -0.05) is 6.92 Å². The zero-order valence-electron chi connectivity index (χ0n) is 10.8. The van der Waals surface area contributed by atoms with Crippen LogP contribution < -0.4 is 5.32 Å². The van der Waals surface area contributed by atoms with Gasteiger partial charge in [0.05, 0.1) is 6.20 Å². The molecule has 2 rings (SSSR count). The zero-order chi connectivity index (χ0) is 13.1. The van der Waals surface area contributed by atoms with E-state index in [1.54, 1.807) is 6.20 Å². The van der Waals surface area contributed by atoms with Crippen LogP contribution in [0.1, 0.15) is 31.1 Å². The molecule has 0 bridgehead atoms. The molecule has 4 nitrogen and oxygen atoms in total. The number of hydrogen-bond donors (Lipinski definition) is 1. The van der Waals surface area contributed by atoms with Gasteiger partial charge in [0.2, 0.25) is 0 Å². The fourth-order valence-electron chi connectivity index (χ4n) is 1.99. The highest BCUT2D eigenvalue weighted by Gasteiger charge is 2.13. The van der Waals surface area contributed by atoms with Crippen molar-refractivity contribution in [1.82, 2.24) is 20.1 Å². The van der Waals surface area contributed by atoms with Crippen LogP contribution in [-0.4, -0.2) is 21.3 Å². The van der Waals surface area contributed by atoms with Crippen LogP contribution in [0.4, 0.5) is 0 Å². The second kappa shape index (κ2) is 5.63. The van der Waals surface area contributed by atoms with Crippen molar-refractivity contribution >= 4 is 15.9 Å². The largest absolute Gasteiger partial charge is 0.310 e. The summed E-state index contributed by atoms with van der Waals surface area (Å²) in [6.45, 7) is 7.27. The average Bonchev–Trinajstić information content (AvgIpc) is 2.73. The van der Waals surface area contributed by atoms with Crippen molar-refractivity contribution in [2.45, 2.75) is 26.8 Å². The predicted molar refractivity (Wildman–Crippen MR) is 75.9 cm³/mol. The van der Waals surface area contributed by atoms with E-state index in [4.69, 9.17) is 0 Å². The van der Waals surface area contributed by atoms with Gasteiger partial charge in [0.25, 0.3) is 0 Å². The first-order valence-corrected chi connectivity index (χ1v) is 6.82. The van der Waals surface area contributed by atoms with Gasteiger partial charge in [-0.05, 0) is 48.5 Å². The first-order chi connectivity index (χ1) is 8.63. The summed E-state index contributed by atoms with van der Waals surface area (Å²) in [5.41, 5.74) is 2.33. The zero-order valence-corrected chi connectivity index (χ0v) is 12.4. The van der Waals surface area contributed by atoms with E-state index in [1.165, 1.54) is 5.56 Å². The Morgan fingerprint density at radius 1 is 1.39 bits per heavy atom. The summed E-state index contributed by atoms with van der Waals surface area (Å²) in [5.74, 6) is 0.839. The molecule has 1 N–H and O–H groups in total. The third kappa shape index (κ3) is 2.62. The molecule has 0 aliphatic heterocycles. The minimum absolute atomic E-state index is 0.305. The van der Waals surface area contributed by atoms with Crippen molar-refractivity contribution in [3.05, 3.63) is 40.3 Å². The van der Waals surface area contributed by atoms with Gasteiger partial charge < -0.3 is 5.32 Å². The molecule has 0 amide bonds. The van der Waals surface area contributed by atoms with Gasteiger partial charge in [-0.25, -0.2) is 9.67 Å². The molecule has 0 saturated carbocycles. The predicted octanol–water partition coefficient (Wildman–Crippen LogP) is 3.01. The second-order valence-corrected chi connectivity index (χ2v) is 5.13. The molecule has 0 aliphatic rings. The van der Waals surface area contributed by atoms with Crippen molar-refractivity contribution in [2.75, 3.05) is 6.54 Å². The van der Waals surface area contributed by atoms with Crippen LogP contribution in [0.5, 0.6) is 0 Å². The summed E-state index contributed by atoms with van der Waals surface area (Å²) in [5, 5.41) is 7.81. The van der Waals surface area contributed by atoms with Gasteiger partial charge in [0, 0.05) is 28.0 Å². The Morgan fingerprint density at radius 3 is 2.78 bits per heavy atom. The van der Waals surface area contributed by atoms with Gasteiger partial charge in [0.15, 0.2) is 5.82 Å². The first kappa shape index (κ1) is 13.2. The summed E-state index contributed by atoms with van der Waals surface area (Å²) >= 11 is 3.38. The van der Waals surface area contributed by atoms with Crippen LogP contribution in [0.25, 0.3) is 5.82 Å². The highest BCUT2D eigenvalue weighted by molar-refractivity contribution is 9.10. The number of nitrogens with zero attached hydrogens (tertiary/aromatic N) is 3. The number of pyridine rings is 1. The maximum atomic E-state index is 4.42. The third-order valence-corrected chi connectivity index (χ3v) is 3.42. The summed E-state index contributed by atoms with van der Waals surface area (Å²) in [4.78, 5) is 4.36. The molecular weight excluding hydrogens is 292 g/mol. The van der Waals surface area contributed by atoms with E-state index in [2.05, 4.69) is 52.1 Å². The van der Waals surface area contributed by atoms with Crippen molar-refractivity contribution in [1.29, 1.82) is 0 Å². The number of rotatable bonds is 4. The average molecular weight is 309 g/mol. The topological polar surface area (TPSA) is 42.7 Å². The Hall–Kier alpha value is -1.20. The monoisotopic (exact) mass is 308 g/mol. The maximum Gasteiger partial charge on any atom is 0.153 e. The van der Waals surface area contributed by atoms with E-state index in [0.29, 0.717) is 6.04 Å². The molecule has 0 fully saturated rings. The number of nitrogens with one attached hydrogen (secondary N) is 1. The Morgan fingerprint density at radius 2 is 2.17 bits per heavy atom. The summed E-state index contributed by atoms with van der Waals surface area (Å²) in [6, 6.07) is 4.22. The molecule has 0 aromatic carbocycles. The van der Waals surface area contributed by atoms with Crippen LogP contribution >= 0.6 is 15.9 Å². The molecular formula is C13H17BrN4. The lowest BCUT2D eigenvalue weighted by molar-refractivity contribution is 0.594. The number of hydrogen-bond acceptors (Lipinski definition) is 3. The minimum Gasteiger partial charge on any atom is -0.310 e. The Balaban J connectivity index is 2.33. The molecule has 96 valence electrons. The van der Waals surface area contributed by atoms with E-state index in [9.17, 15) is 0 Å². The van der Waals surface area contributed by atoms with Gasteiger partial charge >= 0.3 is 0 Å². The lowest BCUT2D eigenvalue weighted by Crippen LogP contribution is -2.18. The van der Waals surface area contributed by atoms with E-state index in [0.717, 1.165) is 22.5 Å². The van der Waals surface area contributed by atoms with Crippen LogP contribution in [0.15, 0.2) is 29.0 Å². The molecule has 2 aromatic heterocycles. The van der Waals surface area contributed by atoms with E-state index in [1.807, 2.05) is 23.0 Å². The van der Waals surface area contributed by atoms with Gasteiger partial charge in [-0.3, -0.25) is 0 Å². The van der Waals surface area contributed by atoms with Crippen molar-refractivity contribution < 1.29 is 0 Å². The molecule has 0 radical (unpaired) electrons. The highest BCUT2D eigenvalue weighted by Crippen LogP contribution is 2.19. The molecule has 2 aromatic rings. The smallest absolute Gasteiger partial charge is 0.153 e. The van der Waals surface area contributed by atoms with Gasteiger partial charge in [-0.2, -0.15) is 5.10 Å². The number of halogens is 1. The quantitative estimate of drug-likeness (QED) is 0.944. The Labute approximate surface area is 116 Å². The van der Waals surface area contributed by atoms with Crippen LogP contribution in [-0.2, 0) is 0 Å². The lowest BCUT2D eigenvalue weighted by Gasteiger charge is -2.12. The second-order valence-electron chi connectivity index (χ2n) is 4.21. The first-order valence-electron chi connectivity index (χ1n) is 6.03. The SMILES string of the molecule is CCNC(C)c1cnn(-c2ccc(Br)cn2)c1C. The highest BCUT2D eigenvalue weighted by atomic mass is 79.9. The molecule has 5 heteroatoms. The molecule has 0 spiro atoms. The summed E-state index contributed by atoms with van der Waals surface area (Å²) < 4.78 is 2.84. The van der Waals surface area contributed by atoms with Gasteiger partial charge in [0.1, 0.15) is 0 Å². The molecule has 0 saturated heterocycles. The van der Waals surface area contributed by atoms with E-state index in [-0.39, 0.29) is 0 Å². The minimum atomic E-state index is 0.305. The van der Waals surface area contributed by atoms with E-state index < -0.39 is 0 Å². The Kier molecular flexibility index (Phi) is 4.14. The number of aromatic nitrogens is 3. The molecule has 1 unspecified atom stereocenters. The van der Waals surface area contributed by atoms with Crippen molar-refractivity contribution in [2.24, 2.45) is 0 Å². The van der Waals surface area contributed by atoms with Crippen molar-refractivity contribution in [3.63, 3.8) is 0 Å². The molecule has 1 atom stereocenters. The van der Waals surface area contributed by atoms with E-state index >= 15 is 0 Å². The van der Waals surface area contributed by atoms with Crippen LogP contribution in [0.3, 0.4) is 0 Å². The Bertz CT molecular complexity index is 518. The molecule has 0 aliphatic carbocycles. The fourth-order valence-corrected chi connectivity index (χ4v) is 2.22. The normalized spacial score (nSPS) is 12.7. The molecule has 18 heavy (non-hydrogen) atoms. The maximum absolute atomic E-state index is 4.42. The van der Waals surface area contributed by atoms with Gasteiger partial charge in [-0.15, -0.1) is 0 Å².